The molecule has 0 radical (unpaired) electrons. The van der Waals surface area contributed by atoms with Crippen molar-refractivity contribution in [2.24, 2.45) is 0 Å². The Kier molecular flexibility index (Phi) is 3.77. The van der Waals surface area contributed by atoms with Gasteiger partial charge in [-0.05, 0) is 43.9 Å². The molecule has 0 aromatic carbocycles. The molecule has 2 aromatic rings. The predicted molar refractivity (Wildman–Crippen MR) is 79.3 cm³/mol. The number of carbonyl (C=O) groups excluding carboxylic acids is 1. The highest BCUT2D eigenvalue weighted by Crippen LogP contribution is 2.27. The van der Waals surface area contributed by atoms with Crippen LogP contribution in [0.4, 0.5) is 5.82 Å². The smallest absolute Gasteiger partial charge is 0.307 e. The first-order valence-electron chi connectivity index (χ1n) is 7.33. The standard InChI is InChI=1S/C15H20N4O2/c1-11-7-13-16-10-17-19(13)14(8-11)18-6-4-3-5-12(18)9-15(20)21-2/h7-8,10,12H,3-6,9H2,1-2H3. The molecule has 3 rings (SSSR count). The maximum atomic E-state index is 11.7. The topological polar surface area (TPSA) is 59.7 Å². The van der Waals surface area contributed by atoms with Gasteiger partial charge in [0.2, 0.25) is 0 Å². The van der Waals surface area contributed by atoms with Crippen molar-refractivity contribution in [3.63, 3.8) is 0 Å². The van der Waals surface area contributed by atoms with Gasteiger partial charge in [-0.25, -0.2) is 4.98 Å². The van der Waals surface area contributed by atoms with Crippen LogP contribution in [0.1, 0.15) is 31.2 Å². The van der Waals surface area contributed by atoms with Crippen molar-refractivity contribution in [3.05, 3.63) is 24.0 Å². The van der Waals surface area contributed by atoms with E-state index in [4.69, 9.17) is 4.74 Å². The van der Waals surface area contributed by atoms with Crippen LogP contribution in [-0.2, 0) is 9.53 Å². The van der Waals surface area contributed by atoms with Crippen molar-refractivity contribution in [2.75, 3.05) is 18.6 Å². The molecule has 3 heterocycles. The first-order chi connectivity index (χ1) is 10.2. The third-order valence-corrected chi connectivity index (χ3v) is 4.06. The summed E-state index contributed by atoms with van der Waals surface area (Å²) in [7, 11) is 1.44. The minimum absolute atomic E-state index is 0.158. The Bertz CT molecular complexity index is 652. The number of carbonyl (C=O) groups is 1. The number of esters is 1. The first-order valence-corrected chi connectivity index (χ1v) is 7.33. The van der Waals surface area contributed by atoms with E-state index in [9.17, 15) is 4.79 Å². The Morgan fingerprint density at radius 3 is 3.10 bits per heavy atom. The molecule has 0 aliphatic carbocycles. The number of nitrogens with zero attached hydrogens (tertiary/aromatic N) is 4. The summed E-state index contributed by atoms with van der Waals surface area (Å²) in [4.78, 5) is 18.2. The summed E-state index contributed by atoms with van der Waals surface area (Å²) in [6, 6.07) is 4.29. The van der Waals surface area contributed by atoms with Gasteiger partial charge in [0, 0.05) is 12.6 Å². The number of aryl methyl sites for hydroxylation is 1. The number of anilines is 1. The molecule has 1 aliphatic heterocycles. The molecule has 1 fully saturated rings. The molecule has 1 unspecified atom stereocenters. The van der Waals surface area contributed by atoms with E-state index in [1.807, 2.05) is 10.6 Å². The molecule has 1 saturated heterocycles. The van der Waals surface area contributed by atoms with Crippen molar-refractivity contribution in [1.29, 1.82) is 0 Å². The summed E-state index contributed by atoms with van der Waals surface area (Å²) < 4.78 is 6.68. The fraction of sp³-hybridized carbons (Fsp3) is 0.533. The van der Waals surface area contributed by atoms with Crippen LogP contribution in [0, 0.1) is 6.92 Å². The summed E-state index contributed by atoms with van der Waals surface area (Å²) in [5.41, 5.74) is 1.99. The zero-order chi connectivity index (χ0) is 14.8. The minimum Gasteiger partial charge on any atom is -0.469 e. The summed E-state index contributed by atoms with van der Waals surface area (Å²) in [6.45, 7) is 2.98. The van der Waals surface area contributed by atoms with Gasteiger partial charge in [0.25, 0.3) is 0 Å². The summed E-state index contributed by atoms with van der Waals surface area (Å²) in [6.07, 6.45) is 5.25. The van der Waals surface area contributed by atoms with Gasteiger partial charge < -0.3 is 9.64 Å². The molecule has 0 saturated carbocycles. The number of hydrogen-bond donors (Lipinski definition) is 0. The second kappa shape index (κ2) is 5.71. The lowest BCUT2D eigenvalue weighted by molar-refractivity contribution is -0.141. The SMILES string of the molecule is COC(=O)CC1CCCCN1c1cc(C)cc2ncnn12. The summed E-state index contributed by atoms with van der Waals surface area (Å²) in [5.74, 6) is 0.852. The van der Waals surface area contributed by atoms with Gasteiger partial charge >= 0.3 is 5.97 Å². The molecule has 6 heteroatoms. The zero-order valence-electron chi connectivity index (χ0n) is 12.5. The van der Waals surface area contributed by atoms with Gasteiger partial charge in [-0.15, -0.1) is 0 Å². The summed E-state index contributed by atoms with van der Waals surface area (Å²) in [5, 5.41) is 4.32. The lowest BCUT2D eigenvalue weighted by Gasteiger charge is -2.37. The molecular weight excluding hydrogens is 268 g/mol. The molecule has 1 aliphatic rings. The van der Waals surface area contributed by atoms with Crippen LogP contribution in [0.5, 0.6) is 0 Å². The van der Waals surface area contributed by atoms with Crippen LogP contribution in [0.3, 0.4) is 0 Å². The van der Waals surface area contributed by atoms with Crippen molar-refractivity contribution in [1.82, 2.24) is 14.6 Å². The Morgan fingerprint density at radius 2 is 2.29 bits per heavy atom. The van der Waals surface area contributed by atoms with Crippen molar-refractivity contribution >= 4 is 17.4 Å². The number of fused-ring (bicyclic) bond motifs is 1. The van der Waals surface area contributed by atoms with E-state index in [0.717, 1.165) is 42.8 Å². The summed E-state index contributed by atoms with van der Waals surface area (Å²) >= 11 is 0. The zero-order valence-corrected chi connectivity index (χ0v) is 12.5. The molecule has 6 nitrogen and oxygen atoms in total. The lowest BCUT2D eigenvalue weighted by atomic mass is 9.99. The maximum absolute atomic E-state index is 11.7. The van der Waals surface area contributed by atoms with E-state index < -0.39 is 0 Å². The molecular formula is C15H20N4O2. The molecule has 0 N–H and O–H groups in total. The number of rotatable bonds is 3. The first kappa shape index (κ1) is 13.9. The third-order valence-electron chi connectivity index (χ3n) is 4.06. The monoisotopic (exact) mass is 288 g/mol. The average Bonchev–Trinajstić information content (AvgIpc) is 2.95. The van der Waals surface area contributed by atoms with Gasteiger partial charge in [-0.3, -0.25) is 4.79 Å². The molecule has 0 amide bonds. The van der Waals surface area contributed by atoms with E-state index >= 15 is 0 Å². The van der Waals surface area contributed by atoms with E-state index in [1.54, 1.807) is 6.33 Å². The van der Waals surface area contributed by atoms with Crippen molar-refractivity contribution in [3.8, 4) is 0 Å². The Morgan fingerprint density at radius 1 is 1.43 bits per heavy atom. The van der Waals surface area contributed by atoms with Gasteiger partial charge in [-0.2, -0.15) is 9.61 Å². The van der Waals surface area contributed by atoms with Gasteiger partial charge in [0.05, 0.1) is 13.5 Å². The fourth-order valence-corrected chi connectivity index (χ4v) is 3.03. The van der Waals surface area contributed by atoms with Crippen LogP contribution >= 0.6 is 0 Å². The van der Waals surface area contributed by atoms with Gasteiger partial charge in [0.1, 0.15) is 12.1 Å². The number of methoxy groups -OCH3 is 1. The van der Waals surface area contributed by atoms with Gasteiger partial charge in [0.15, 0.2) is 5.65 Å². The quantitative estimate of drug-likeness (QED) is 0.808. The van der Waals surface area contributed by atoms with Crippen molar-refractivity contribution in [2.45, 2.75) is 38.6 Å². The number of hydrogen-bond acceptors (Lipinski definition) is 5. The van der Waals surface area contributed by atoms with E-state index in [1.165, 1.54) is 7.11 Å². The largest absolute Gasteiger partial charge is 0.469 e. The van der Waals surface area contributed by atoms with E-state index in [0.29, 0.717) is 6.42 Å². The number of ether oxygens (including phenoxy) is 1. The normalized spacial score (nSPS) is 19.0. The molecule has 2 aromatic heterocycles. The van der Waals surface area contributed by atoms with E-state index in [2.05, 4.69) is 28.0 Å². The fourth-order valence-electron chi connectivity index (χ4n) is 3.03. The third kappa shape index (κ3) is 2.70. The minimum atomic E-state index is -0.158. The van der Waals surface area contributed by atoms with Crippen LogP contribution in [0.15, 0.2) is 18.5 Å². The highest BCUT2D eigenvalue weighted by Gasteiger charge is 2.27. The Hall–Kier alpha value is -2.11. The highest BCUT2D eigenvalue weighted by molar-refractivity contribution is 5.71. The Labute approximate surface area is 123 Å². The second-order valence-electron chi connectivity index (χ2n) is 5.54. The predicted octanol–water partition coefficient (Wildman–Crippen LogP) is 1.96. The molecule has 1 atom stereocenters. The molecule has 21 heavy (non-hydrogen) atoms. The molecule has 0 spiro atoms. The van der Waals surface area contributed by atoms with Crippen LogP contribution in [0.25, 0.3) is 5.65 Å². The lowest BCUT2D eigenvalue weighted by Crippen LogP contribution is -2.42. The van der Waals surface area contributed by atoms with Crippen molar-refractivity contribution < 1.29 is 9.53 Å². The van der Waals surface area contributed by atoms with E-state index in [-0.39, 0.29) is 12.0 Å². The number of piperidine rings is 1. The number of aromatic nitrogens is 3. The molecule has 112 valence electrons. The number of pyridine rings is 1. The maximum Gasteiger partial charge on any atom is 0.307 e. The van der Waals surface area contributed by atoms with Gasteiger partial charge in [-0.1, -0.05) is 0 Å². The highest BCUT2D eigenvalue weighted by atomic mass is 16.5. The Balaban J connectivity index is 1.97. The van der Waals surface area contributed by atoms with Crippen LogP contribution in [-0.4, -0.2) is 40.3 Å². The second-order valence-corrected chi connectivity index (χ2v) is 5.54. The van der Waals surface area contributed by atoms with Crippen LogP contribution in [0.2, 0.25) is 0 Å². The van der Waals surface area contributed by atoms with Crippen LogP contribution < -0.4 is 4.90 Å². The average molecular weight is 288 g/mol. The molecule has 0 bridgehead atoms.